The summed E-state index contributed by atoms with van der Waals surface area (Å²) in [7, 11) is 0. The van der Waals surface area contributed by atoms with Gasteiger partial charge in [-0.25, -0.2) is 9.78 Å². The molecule has 1 N–H and O–H groups in total. The maximum atomic E-state index is 11.4. The maximum Gasteiger partial charge on any atom is 0.408 e. The predicted molar refractivity (Wildman–Crippen MR) is 75.1 cm³/mol. The molecule has 0 fully saturated rings. The second-order valence-corrected chi connectivity index (χ2v) is 5.37. The summed E-state index contributed by atoms with van der Waals surface area (Å²) in [6.07, 6.45) is 1.18. The number of carbonyl (C=O) groups excluding carboxylic acids is 1. The van der Waals surface area contributed by atoms with Crippen molar-refractivity contribution in [3.63, 3.8) is 0 Å². The van der Waals surface area contributed by atoms with E-state index in [4.69, 9.17) is 16.3 Å². The van der Waals surface area contributed by atoms with Crippen LogP contribution in [0.3, 0.4) is 0 Å². The van der Waals surface area contributed by atoms with Crippen LogP contribution in [-0.4, -0.2) is 23.2 Å². The Kier molecular flexibility index (Phi) is 5.20. The Hall–Kier alpha value is -1.73. The Balaban J connectivity index is 2.52. The number of alkyl carbamates (subject to hydrolysis) is 1. The van der Waals surface area contributed by atoms with Crippen molar-refractivity contribution in [3.05, 3.63) is 28.5 Å². The van der Waals surface area contributed by atoms with Crippen LogP contribution in [0, 0.1) is 18.8 Å². The number of aryl methyl sites for hydroxylation is 1. The minimum absolute atomic E-state index is 0.194. The van der Waals surface area contributed by atoms with Crippen molar-refractivity contribution in [3.8, 4) is 11.8 Å². The highest BCUT2D eigenvalue weighted by molar-refractivity contribution is 6.30. The number of hydrogen-bond acceptors (Lipinski definition) is 3. The summed E-state index contributed by atoms with van der Waals surface area (Å²) in [5, 5.41) is 2.90. The third kappa shape index (κ3) is 6.12. The molecule has 19 heavy (non-hydrogen) atoms. The summed E-state index contributed by atoms with van der Waals surface area (Å²) in [5.41, 5.74) is 1.11. The van der Waals surface area contributed by atoms with E-state index in [1.165, 1.54) is 0 Å². The van der Waals surface area contributed by atoms with Crippen molar-refractivity contribution in [1.29, 1.82) is 0 Å². The standard InChI is InChI=1S/C14H17ClN2O2/c1-10-8-11(12(15)17-9-10)6-5-7-16-13(18)19-14(2,3)4/h8-9H,7H2,1-4H3,(H,16,18). The number of halogens is 1. The quantitative estimate of drug-likeness (QED) is 0.636. The number of hydrogen-bond donors (Lipinski definition) is 1. The lowest BCUT2D eigenvalue weighted by molar-refractivity contribution is 0.0535. The minimum atomic E-state index is -0.513. The molecule has 102 valence electrons. The van der Waals surface area contributed by atoms with Crippen LogP contribution in [0.4, 0.5) is 4.79 Å². The third-order valence-electron chi connectivity index (χ3n) is 1.92. The lowest BCUT2D eigenvalue weighted by Crippen LogP contribution is -2.32. The highest BCUT2D eigenvalue weighted by atomic mass is 35.5. The molecule has 1 amide bonds. The number of aromatic nitrogens is 1. The molecule has 0 aromatic carbocycles. The van der Waals surface area contributed by atoms with Crippen LogP contribution in [0.2, 0.25) is 5.15 Å². The molecule has 1 rings (SSSR count). The Bertz CT molecular complexity index is 524. The molecule has 1 aromatic heterocycles. The van der Waals surface area contributed by atoms with Gasteiger partial charge in [0.25, 0.3) is 0 Å². The number of pyridine rings is 1. The van der Waals surface area contributed by atoms with Gasteiger partial charge in [0.2, 0.25) is 0 Å². The van der Waals surface area contributed by atoms with Crippen LogP contribution >= 0.6 is 11.6 Å². The van der Waals surface area contributed by atoms with Gasteiger partial charge in [-0.3, -0.25) is 0 Å². The normalized spacial score (nSPS) is 10.4. The van der Waals surface area contributed by atoms with Gasteiger partial charge in [-0.1, -0.05) is 23.4 Å². The van der Waals surface area contributed by atoms with E-state index in [-0.39, 0.29) is 6.54 Å². The van der Waals surface area contributed by atoms with Crippen LogP contribution in [0.15, 0.2) is 12.3 Å². The van der Waals surface area contributed by atoms with Gasteiger partial charge in [0.05, 0.1) is 12.1 Å². The molecular weight excluding hydrogens is 264 g/mol. The Morgan fingerprint density at radius 1 is 1.53 bits per heavy atom. The molecule has 0 saturated heterocycles. The van der Waals surface area contributed by atoms with Crippen molar-refractivity contribution in [2.75, 3.05) is 6.54 Å². The number of ether oxygens (including phenoxy) is 1. The van der Waals surface area contributed by atoms with Crippen LogP contribution in [0.5, 0.6) is 0 Å². The van der Waals surface area contributed by atoms with Crippen molar-refractivity contribution >= 4 is 17.7 Å². The second kappa shape index (κ2) is 6.44. The molecule has 1 heterocycles. The third-order valence-corrected chi connectivity index (χ3v) is 2.22. The van der Waals surface area contributed by atoms with Crippen LogP contribution in [0.25, 0.3) is 0 Å². The predicted octanol–water partition coefficient (Wildman–Crippen LogP) is 2.92. The molecular formula is C14H17ClN2O2. The zero-order valence-corrected chi connectivity index (χ0v) is 12.3. The second-order valence-electron chi connectivity index (χ2n) is 5.01. The lowest BCUT2D eigenvalue weighted by atomic mass is 10.2. The zero-order valence-electron chi connectivity index (χ0n) is 11.5. The van der Waals surface area contributed by atoms with Gasteiger partial charge in [0, 0.05) is 6.20 Å². The van der Waals surface area contributed by atoms with Gasteiger partial charge in [-0.15, -0.1) is 0 Å². The summed E-state index contributed by atoms with van der Waals surface area (Å²) in [6, 6.07) is 1.84. The zero-order chi connectivity index (χ0) is 14.5. The first-order chi connectivity index (χ1) is 8.78. The number of nitrogens with one attached hydrogen (secondary N) is 1. The largest absolute Gasteiger partial charge is 0.444 e. The van der Waals surface area contributed by atoms with Crippen molar-refractivity contribution in [1.82, 2.24) is 10.3 Å². The maximum absolute atomic E-state index is 11.4. The summed E-state index contributed by atoms with van der Waals surface area (Å²) in [5.74, 6) is 5.66. The smallest absolute Gasteiger partial charge is 0.408 e. The van der Waals surface area contributed by atoms with E-state index in [9.17, 15) is 4.79 Å². The van der Waals surface area contributed by atoms with Gasteiger partial charge in [-0.2, -0.15) is 0 Å². The van der Waals surface area contributed by atoms with E-state index in [1.807, 2.05) is 13.0 Å². The van der Waals surface area contributed by atoms with E-state index in [2.05, 4.69) is 22.1 Å². The fourth-order valence-electron chi connectivity index (χ4n) is 1.21. The van der Waals surface area contributed by atoms with Crippen molar-refractivity contribution in [2.45, 2.75) is 33.3 Å². The number of rotatable bonds is 1. The molecule has 0 aliphatic rings. The van der Waals surface area contributed by atoms with E-state index >= 15 is 0 Å². The first kappa shape index (κ1) is 15.3. The summed E-state index contributed by atoms with van der Waals surface area (Å²) in [6.45, 7) is 7.51. The molecule has 0 unspecified atom stereocenters. The molecule has 0 saturated carbocycles. The molecule has 0 radical (unpaired) electrons. The van der Waals surface area contributed by atoms with Gasteiger partial charge in [-0.05, 0) is 39.3 Å². The molecule has 0 atom stereocenters. The van der Waals surface area contributed by atoms with Gasteiger partial charge < -0.3 is 10.1 Å². The van der Waals surface area contributed by atoms with Crippen molar-refractivity contribution < 1.29 is 9.53 Å². The lowest BCUT2D eigenvalue weighted by Gasteiger charge is -2.18. The number of nitrogens with zero attached hydrogens (tertiary/aromatic N) is 1. The molecule has 5 heteroatoms. The molecule has 0 spiro atoms. The van der Waals surface area contributed by atoms with Crippen LogP contribution < -0.4 is 5.32 Å². The fraction of sp³-hybridized carbons (Fsp3) is 0.429. The van der Waals surface area contributed by atoms with Gasteiger partial charge >= 0.3 is 6.09 Å². The van der Waals surface area contributed by atoms with Crippen molar-refractivity contribution in [2.24, 2.45) is 0 Å². The van der Waals surface area contributed by atoms with Gasteiger partial charge in [0.1, 0.15) is 10.8 Å². The van der Waals surface area contributed by atoms with Gasteiger partial charge in [0.15, 0.2) is 0 Å². The number of amides is 1. The van der Waals surface area contributed by atoms with E-state index in [0.717, 1.165) is 5.56 Å². The first-order valence-electron chi connectivity index (χ1n) is 5.86. The average Bonchev–Trinajstić information content (AvgIpc) is 2.26. The Morgan fingerprint density at radius 2 is 2.21 bits per heavy atom. The first-order valence-corrected chi connectivity index (χ1v) is 6.23. The Morgan fingerprint density at radius 3 is 2.84 bits per heavy atom. The minimum Gasteiger partial charge on any atom is -0.444 e. The molecule has 0 aliphatic carbocycles. The molecule has 4 nitrogen and oxygen atoms in total. The van der Waals surface area contributed by atoms with E-state index in [1.54, 1.807) is 27.0 Å². The summed E-state index contributed by atoms with van der Waals surface area (Å²) < 4.78 is 5.08. The average molecular weight is 281 g/mol. The number of carbonyl (C=O) groups is 1. The summed E-state index contributed by atoms with van der Waals surface area (Å²) in [4.78, 5) is 15.3. The molecule has 0 bridgehead atoms. The topological polar surface area (TPSA) is 51.2 Å². The van der Waals surface area contributed by atoms with E-state index in [0.29, 0.717) is 10.7 Å². The highest BCUT2D eigenvalue weighted by Crippen LogP contribution is 2.12. The monoisotopic (exact) mass is 280 g/mol. The van der Waals surface area contributed by atoms with E-state index < -0.39 is 11.7 Å². The van der Waals surface area contributed by atoms with Crippen LogP contribution in [0.1, 0.15) is 31.9 Å². The highest BCUT2D eigenvalue weighted by Gasteiger charge is 2.14. The SMILES string of the molecule is Cc1cnc(Cl)c(C#CCNC(=O)OC(C)(C)C)c1. The molecule has 1 aromatic rings. The fourth-order valence-corrected chi connectivity index (χ4v) is 1.36. The summed E-state index contributed by atoms with van der Waals surface area (Å²) >= 11 is 5.90. The van der Waals surface area contributed by atoms with Crippen LogP contribution in [-0.2, 0) is 4.74 Å². The Labute approximate surface area is 118 Å². The molecule has 0 aliphatic heterocycles.